The third kappa shape index (κ3) is 3.16. The van der Waals surface area contributed by atoms with E-state index < -0.39 is 5.82 Å². The van der Waals surface area contributed by atoms with Crippen molar-refractivity contribution in [2.75, 3.05) is 13.1 Å². The lowest BCUT2D eigenvalue weighted by molar-refractivity contribution is 0.0591. The number of aromatic nitrogens is 2. The van der Waals surface area contributed by atoms with Crippen LogP contribution in [0.4, 0.5) is 4.39 Å². The van der Waals surface area contributed by atoms with E-state index in [9.17, 15) is 19.1 Å². The number of pyridine rings is 2. The zero-order valence-corrected chi connectivity index (χ0v) is 16.2. The van der Waals surface area contributed by atoms with E-state index >= 15 is 0 Å². The SMILES string of the molecule is O=C(c1ccc(F)cc1O)N1C[C@@H]2C[C@H](C1)c1cc(-c3cccnc3)cc(=O)n1C2. The summed E-state index contributed by atoms with van der Waals surface area (Å²) >= 11 is 0. The Labute approximate surface area is 172 Å². The largest absolute Gasteiger partial charge is 0.507 e. The average molecular weight is 405 g/mol. The number of amides is 1. The second-order valence-electron chi connectivity index (χ2n) is 8.03. The molecule has 2 aliphatic heterocycles. The molecule has 7 heteroatoms. The van der Waals surface area contributed by atoms with Crippen molar-refractivity contribution in [2.45, 2.75) is 18.9 Å². The van der Waals surface area contributed by atoms with Gasteiger partial charge in [0.1, 0.15) is 11.6 Å². The maximum absolute atomic E-state index is 13.3. The van der Waals surface area contributed by atoms with E-state index in [1.807, 2.05) is 22.8 Å². The van der Waals surface area contributed by atoms with Gasteiger partial charge in [0.05, 0.1) is 5.56 Å². The molecule has 1 saturated heterocycles. The fraction of sp³-hybridized carbons (Fsp3) is 0.261. The van der Waals surface area contributed by atoms with E-state index in [-0.39, 0.29) is 34.6 Å². The lowest BCUT2D eigenvalue weighted by Crippen LogP contribution is -2.49. The number of rotatable bonds is 2. The third-order valence-corrected chi connectivity index (χ3v) is 6.03. The van der Waals surface area contributed by atoms with E-state index in [0.29, 0.717) is 19.6 Å². The molecule has 30 heavy (non-hydrogen) atoms. The topological polar surface area (TPSA) is 75.4 Å². The van der Waals surface area contributed by atoms with E-state index in [1.165, 1.54) is 12.1 Å². The summed E-state index contributed by atoms with van der Waals surface area (Å²) in [5, 5.41) is 10.0. The number of phenols is 1. The third-order valence-electron chi connectivity index (χ3n) is 6.03. The van der Waals surface area contributed by atoms with Gasteiger partial charge in [-0.2, -0.15) is 0 Å². The summed E-state index contributed by atoms with van der Waals surface area (Å²) < 4.78 is 15.1. The van der Waals surface area contributed by atoms with Gasteiger partial charge in [-0.05, 0) is 42.2 Å². The second-order valence-corrected chi connectivity index (χ2v) is 8.03. The minimum absolute atomic E-state index is 0.0216. The van der Waals surface area contributed by atoms with Gasteiger partial charge in [0.25, 0.3) is 11.5 Å². The van der Waals surface area contributed by atoms with E-state index in [0.717, 1.165) is 29.3 Å². The Hall–Kier alpha value is -3.48. The first-order valence-corrected chi connectivity index (χ1v) is 9.92. The lowest BCUT2D eigenvalue weighted by Gasteiger charge is -2.43. The highest BCUT2D eigenvalue weighted by molar-refractivity contribution is 5.97. The smallest absolute Gasteiger partial charge is 0.257 e. The molecule has 1 N–H and O–H groups in total. The molecule has 0 spiro atoms. The Morgan fingerprint density at radius 3 is 2.73 bits per heavy atom. The van der Waals surface area contributed by atoms with E-state index in [2.05, 4.69) is 4.98 Å². The molecule has 1 fully saturated rings. The molecule has 4 heterocycles. The first-order chi connectivity index (χ1) is 14.5. The summed E-state index contributed by atoms with van der Waals surface area (Å²) in [5.74, 6) is -1.08. The molecule has 0 unspecified atom stereocenters. The number of halogens is 1. The number of carbonyl (C=O) groups excluding carboxylic acids is 1. The molecule has 2 atom stereocenters. The van der Waals surface area contributed by atoms with Crippen LogP contribution in [0.25, 0.3) is 11.1 Å². The van der Waals surface area contributed by atoms with Crippen LogP contribution in [-0.4, -0.2) is 38.6 Å². The van der Waals surface area contributed by atoms with Gasteiger partial charge in [-0.15, -0.1) is 0 Å². The maximum atomic E-state index is 13.3. The van der Waals surface area contributed by atoms with Crippen LogP contribution in [-0.2, 0) is 6.54 Å². The quantitative estimate of drug-likeness (QED) is 0.711. The molecule has 0 radical (unpaired) electrons. The first kappa shape index (κ1) is 18.5. The van der Waals surface area contributed by atoms with Gasteiger partial charge in [0, 0.05) is 61.3 Å². The Balaban J connectivity index is 1.49. The summed E-state index contributed by atoms with van der Waals surface area (Å²) in [4.78, 5) is 31.6. The number of likely N-dealkylation sites (tertiary alicyclic amines) is 1. The van der Waals surface area contributed by atoms with Gasteiger partial charge in [0.2, 0.25) is 0 Å². The summed E-state index contributed by atoms with van der Waals surface area (Å²) in [7, 11) is 0. The summed E-state index contributed by atoms with van der Waals surface area (Å²) in [6.07, 6.45) is 4.31. The number of nitrogens with zero attached hydrogens (tertiary/aromatic N) is 3. The van der Waals surface area contributed by atoms with Gasteiger partial charge in [0.15, 0.2) is 0 Å². The van der Waals surface area contributed by atoms with Crippen LogP contribution in [0.1, 0.15) is 28.4 Å². The van der Waals surface area contributed by atoms with Crippen molar-refractivity contribution in [2.24, 2.45) is 5.92 Å². The summed E-state index contributed by atoms with van der Waals surface area (Å²) in [6, 6.07) is 10.8. The van der Waals surface area contributed by atoms with Gasteiger partial charge in [-0.25, -0.2) is 4.39 Å². The first-order valence-electron chi connectivity index (χ1n) is 9.92. The molecular weight excluding hydrogens is 385 g/mol. The Kier molecular flexibility index (Phi) is 4.38. The normalized spacial score (nSPS) is 20.0. The summed E-state index contributed by atoms with van der Waals surface area (Å²) in [6.45, 7) is 1.50. The van der Waals surface area contributed by atoms with Crippen LogP contribution in [0.3, 0.4) is 0 Å². The van der Waals surface area contributed by atoms with Gasteiger partial charge in [-0.1, -0.05) is 6.07 Å². The highest BCUT2D eigenvalue weighted by atomic mass is 19.1. The average Bonchev–Trinajstić information content (AvgIpc) is 2.74. The Morgan fingerprint density at radius 2 is 1.97 bits per heavy atom. The van der Waals surface area contributed by atoms with Crippen molar-refractivity contribution in [3.63, 3.8) is 0 Å². The molecule has 6 nitrogen and oxygen atoms in total. The van der Waals surface area contributed by atoms with Crippen LogP contribution in [0.2, 0.25) is 0 Å². The minimum atomic E-state index is -0.587. The zero-order chi connectivity index (χ0) is 20.8. The Bertz CT molecular complexity index is 1190. The molecule has 2 aliphatic rings. The number of aromatic hydroxyl groups is 1. The number of hydrogen-bond acceptors (Lipinski definition) is 4. The number of piperidine rings is 1. The van der Waals surface area contributed by atoms with Crippen molar-refractivity contribution in [3.8, 4) is 16.9 Å². The molecule has 5 rings (SSSR count). The van der Waals surface area contributed by atoms with Gasteiger partial charge in [-0.3, -0.25) is 14.6 Å². The van der Waals surface area contributed by atoms with Crippen LogP contribution >= 0.6 is 0 Å². The number of carbonyl (C=O) groups is 1. The molecule has 2 bridgehead atoms. The van der Waals surface area contributed by atoms with Crippen molar-refractivity contribution in [3.05, 3.63) is 82.3 Å². The predicted octanol–water partition coefficient (Wildman–Crippen LogP) is 3.01. The van der Waals surface area contributed by atoms with Crippen molar-refractivity contribution < 1.29 is 14.3 Å². The highest BCUT2D eigenvalue weighted by Crippen LogP contribution is 2.37. The highest BCUT2D eigenvalue weighted by Gasteiger charge is 2.37. The summed E-state index contributed by atoms with van der Waals surface area (Å²) in [5.41, 5.74) is 2.66. The molecular formula is C23H20FN3O3. The molecule has 0 saturated carbocycles. The molecule has 0 aliphatic carbocycles. The lowest BCUT2D eigenvalue weighted by atomic mass is 9.82. The predicted molar refractivity (Wildman–Crippen MR) is 109 cm³/mol. The molecule has 152 valence electrons. The van der Waals surface area contributed by atoms with E-state index in [1.54, 1.807) is 23.4 Å². The van der Waals surface area contributed by atoms with E-state index in [4.69, 9.17) is 0 Å². The van der Waals surface area contributed by atoms with Crippen molar-refractivity contribution >= 4 is 5.91 Å². The van der Waals surface area contributed by atoms with Crippen molar-refractivity contribution in [1.82, 2.24) is 14.5 Å². The van der Waals surface area contributed by atoms with Crippen LogP contribution in [0, 0.1) is 11.7 Å². The Morgan fingerprint density at radius 1 is 1.10 bits per heavy atom. The number of benzene rings is 1. The monoisotopic (exact) mass is 405 g/mol. The van der Waals surface area contributed by atoms with Gasteiger partial charge >= 0.3 is 0 Å². The molecule has 1 amide bonds. The zero-order valence-electron chi connectivity index (χ0n) is 16.2. The maximum Gasteiger partial charge on any atom is 0.257 e. The molecule has 3 aromatic rings. The number of phenolic OH excluding ortho intramolecular Hbond substituents is 1. The fourth-order valence-electron chi connectivity index (χ4n) is 4.68. The molecule has 2 aromatic heterocycles. The fourth-order valence-corrected chi connectivity index (χ4v) is 4.68. The van der Waals surface area contributed by atoms with Crippen LogP contribution < -0.4 is 5.56 Å². The van der Waals surface area contributed by atoms with Gasteiger partial charge < -0.3 is 14.6 Å². The minimum Gasteiger partial charge on any atom is -0.507 e. The van der Waals surface area contributed by atoms with Crippen LogP contribution in [0.15, 0.2) is 59.7 Å². The number of hydrogen-bond donors (Lipinski definition) is 1. The van der Waals surface area contributed by atoms with Crippen LogP contribution in [0.5, 0.6) is 5.75 Å². The number of fused-ring (bicyclic) bond motifs is 4. The molecule has 1 aromatic carbocycles. The van der Waals surface area contributed by atoms with Crippen molar-refractivity contribution in [1.29, 1.82) is 0 Å². The standard InChI is InChI=1S/C23H20FN3O3/c24-18-3-4-19(21(28)9-18)23(30)26-11-14-6-17(13-26)20-7-16(8-22(29)27(20)12-14)15-2-1-5-25-10-15/h1-5,7-10,14,17,28H,6,11-13H2/t14-,17+/m0/s1. The second kappa shape index (κ2) is 7.09.